The number of carbonyl (C=O) groups excluding carboxylic acids is 1. The molecule has 0 bridgehead atoms. The highest BCUT2D eigenvalue weighted by Gasteiger charge is 2.35. The first-order valence-corrected chi connectivity index (χ1v) is 13.6. The molecule has 2 heterocycles. The summed E-state index contributed by atoms with van der Waals surface area (Å²) < 4.78 is 6.44. The second kappa shape index (κ2) is 13.8. The van der Waals surface area contributed by atoms with Crippen molar-refractivity contribution in [2.75, 3.05) is 26.2 Å². The van der Waals surface area contributed by atoms with Crippen LogP contribution in [0.2, 0.25) is 0 Å². The molecule has 1 amide bonds. The van der Waals surface area contributed by atoms with Crippen LogP contribution in [-0.4, -0.2) is 54.2 Å². The number of aryl methyl sites for hydroxylation is 1. The zero-order chi connectivity index (χ0) is 25.9. The van der Waals surface area contributed by atoms with Crippen LogP contribution < -0.4 is 11.1 Å². The lowest BCUT2D eigenvalue weighted by Crippen LogP contribution is -2.43. The molecule has 2 aliphatic heterocycles. The number of fused-ring (bicyclic) bond motifs is 2. The van der Waals surface area contributed by atoms with E-state index < -0.39 is 0 Å². The fraction of sp³-hybridized carbons (Fsp3) is 0.452. The van der Waals surface area contributed by atoms with Gasteiger partial charge in [0, 0.05) is 36.7 Å². The van der Waals surface area contributed by atoms with Gasteiger partial charge in [0.1, 0.15) is 5.75 Å². The van der Waals surface area contributed by atoms with Crippen molar-refractivity contribution in [3.05, 3.63) is 76.9 Å². The number of piperidine rings is 1. The van der Waals surface area contributed by atoms with Gasteiger partial charge in [0.15, 0.2) is 0 Å². The van der Waals surface area contributed by atoms with E-state index in [4.69, 9.17) is 10.5 Å². The van der Waals surface area contributed by atoms with E-state index in [1.807, 2.05) is 49.4 Å². The normalized spacial score (nSPS) is 20.4. The molecule has 1 saturated heterocycles. The molecule has 0 aliphatic carbocycles. The van der Waals surface area contributed by atoms with E-state index >= 15 is 0 Å². The smallest absolute Gasteiger partial charge is 0.251 e. The van der Waals surface area contributed by atoms with Crippen LogP contribution in [0.25, 0.3) is 10.8 Å². The van der Waals surface area contributed by atoms with Crippen molar-refractivity contribution in [3.63, 3.8) is 0 Å². The van der Waals surface area contributed by atoms with Crippen molar-refractivity contribution in [3.8, 4) is 5.75 Å². The summed E-state index contributed by atoms with van der Waals surface area (Å²) in [5.74, 6) is 0.851. The van der Waals surface area contributed by atoms with Gasteiger partial charge >= 0.3 is 0 Å². The van der Waals surface area contributed by atoms with Crippen LogP contribution in [0.4, 0.5) is 0 Å². The number of benzene rings is 3. The van der Waals surface area contributed by atoms with Gasteiger partial charge in [-0.1, -0.05) is 42.5 Å². The molecular formula is C31H41Cl2N3O3. The van der Waals surface area contributed by atoms with E-state index in [0.717, 1.165) is 72.8 Å². The Morgan fingerprint density at radius 1 is 1.10 bits per heavy atom. The molecule has 0 saturated carbocycles. The maximum Gasteiger partial charge on any atom is 0.251 e. The highest BCUT2D eigenvalue weighted by Crippen LogP contribution is 2.40. The molecule has 3 aromatic rings. The summed E-state index contributed by atoms with van der Waals surface area (Å²) in [7, 11) is 0. The van der Waals surface area contributed by atoms with Crippen molar-refractivity contribution in [2.45, 2.75) is 57.8 Å². The minimum atomic E-state index is -0.148. The van der Waals surface area contributed by atoms with Crippen molar-refractivity contribution >= 4 is 41.5 Å². The summed E-state index contributed by atoms with van der Waals surface area (Å²) in [6.45, 7) is 7.46. The van der Waals surface area contributed by atoms with E-state index in [-0.39, 0.29) is 49.0 Å². The molecule has 212 valence electrons. The third-order valence-corrected chi connectivity index (χ3v) is 8.25. The van der Waals surface area contributed by atoms with Crippen molar-refractivity contribution in [1.82, 2.24) is 10.2 Å². The van der Waals surface area contributed by atoms with Crippen LogP contribution in [0, 0.1) is 12.8 Å². The molecule has 2 aliphatic rings. The highest BCUT2D eigenvalue weighted by molar-refractivity contribution is 5.98. The number of likely N-dealkylation sites (tertiary alicyclic amines) is 1. The van der Waals surface area contributed by atoms with Crippen LogP contribution in [-0.2, 0) is 11.2 Å². The van der Waals surface area contributed by atoms with Gasteiger partial charge in [0.25, 0.3) is 5.91 Å². The van der Waals surface area contributed by atoms with Crippen molar-refractivity contribution in [2.24, 2.45) is 11.7 Å². The molecule has 3 aromatic carbocycles. The van der Waals surface area contributed by atoms with Gasteiger partial charge in [0.05, 0.1) is 12.2 Å². The first kappa shape index (κ1) is 31.2. The molecule has 8 heteroatoms. The number of hydrogen-bond donors (Lipinski definition) is 3. The molecule has 0 aromatic heterocycles. The Morgan fingerprint density at radius 2 is 1.82 bits per heavy atom. The molecule has 3 atom stereocenters. The van der Waals surface area contributed by atoms with E-state index in [0.29, 0.717) is 23.8 Å². The number of rotatable bonds is 7. The lowest BCUT2D eigenvalue weighted by Gasteiger charge is -2.40. The number of aromatic hydroxyl groups is 1. The van der Waals surface area contributed by atoms with Gasteiger partial charge < -0.3 is 25.8 Å². The number of phenols is 1. The first-order chi connectivity index (χ1) is 17.9. The molecule has 0 spiro atoms. The maximum absolute atomic E-state index is 12.8. The number of carbonyl (C=O) groups is 1. The number of hydrogen-bond acceptors (Lipinski definition) is 5. The van der Waals surface area contributed by atoms with Gasteiger partial charge in [-0.05, 0) is 86.1 Å². The van der Waals surface area contributed by atoms with E-state index in [1.165, 1.54) is 0 Å². The summed E-state index contributed by atoms with van der Waals surface area (Å²) in [6, 6.07) is 18.1. The van der Waals surface area contributed by atoms with Gasteiger partial charge in [0.2, 0.25) is 0 Å². The maximum atomic E-state index is 12.8. The Hall–Kier alpha value is -2.35. The van der Waals surface area contributed by atoms with Gasteiger partial charge in [-0.3, -0.25) is 4.79 Å². The molecule has 5 rings (SSSR count). The third kappa shape index (κ3) is 7.05. The molecule has 1 fully saturated rings. The van der Waals surface area contributed by atoms with E-state index in [1.54, 1.807) is 0 Å². The summed E-state index contributed by atoms with van der Waals surface area (Å²) in [5.41, 5.74) is 9.71. The zero-order valence-corrected chi connectivity index (χ0v) is 24.4. The fourth-order valence-corrected chi connectivity index (χ4v) is 5.91. The van der Waals surface area contributed by atoms with Gasteiger partial charge in [-0.15, -0.1) is 24.8 Å². The summed E-state index contributed by atoms with van der Waals surface area (Å²) in [4.78, 5) is 15.3. The summed E-state index contributed by atoms with van der Waals surface area (Å²) in [5, 5.41) is 16.1. The highest BCUT2D eigenvalue weighted by atomic mass is 35.5. The van der Waals surface area contributed by atoms with Crippen LogP contribution in [0.3, 0.4) is 0 Å². The lowest BCUT2D eigenvalue weighted by molar-refractivity contribution is -0.0647. The quantitative estimate of drug-likeness (QED) is 0.344. The number of nitrogens with two attached hydrogens (primary N) is 1. The average Bonchev–Trinajstić information content (AvgIpc) is 2.93. The first-order valence-electron chi connectivity index (χ1n) is 13.6. The number of nitrogens with zero attached hydrogens (tertiary/aromatic N) is 1. The van der Waals surface area contributed by atoms with Gasteiger partial charge in [-0.2, -0.15) is 0 Å². The minimum Gasteiger partial charge on any atom is -0.507 e. The summed E-state index contributed by atoms with van der Waals surface area (Å²) >= 11 is 0. The number of nitrogens with one attached hydrogen (secondary N) is 1. The Kier molecular flexibility index (Phi) is 11.1. The SMILES string of the molecule is Cc1ccc2c(c1O)C[C@@H](C1CCN(CCC(C)NC(=O)c3ccc4ccccc4c3)CC1)O[C@H]2CN.Cl.Cl. The van der Waals surface area contributed by atoms with Crippen molar-refractivity contribution in [1.29, 1.82) is 0 Å². The standard InChI is InChI=1S/C31H39N3O3.2ClH/c1-20-7-10-26-27(30(20)35)18-28(37-29(26)19-32)23-12-15-34(16-13-23)14-11-21(2)33-31(36)25-9-8-22-5-3-4-6-24(22)17-25;;/h3-10,17,21,23,28-29,35H,11-16,18-19,32H2,1-2H3,(H,33,36);2*1H/t21?,28-,29-;;/m0../s1. The molecule has 4 N–H and O–H groups in total. The minimum absolute atomic E-state index is 0. The molecule has 0 radical (unpaired) electrons. The molecular weight excluding hydrogens is 533 g/mol. The lowest BCUT2D eigenvalue weighted by atomic mass is 9.83. The number of ether oxygens (including phenoxy) is 1. The Labute approximate surface area is 244 Å². The average molecular weight is 575 g/mol. The molecule has 6 nitrogen and oxygen atoms in total. The predicted octanol–water partition coefficient (Wildman–Crippen LogP) is 5.56. The fourth-order valence-electron chi connectivity index (χ4n) is 5.91. The topological polar surface area (TPSA) is 87.8 Å². The Balaban J connectivity index is 0.00000210. The van der Waals surface area contributed by atoms with E-state index in [2.05, 4.69) is 29.3 Å². The molecule has 39 heavy (non-hydrogen) atoms. The van der Waals surface area contributed by atoms with Gasteiger partial charge in [-0.25, -0.2) is 0 Å². The third-order valence-electron chi connectivity index (χ3n) is 8.25. The molecule has 1 unspecified atom stereocenters. The largest absolute Gasteiger partial charge is 0.507 e. The number of halogens is 2. The summed E-state index contributed by atoms with van der Waals surface area (Å²) in [6.07, 6.45) is 3.76. The van der Waals surface area contributed by atoms with Crippen LogP contribution in [0.1, 0.15) is 59.3 Å². The van der Waals surface area contributed by atoms with Crippen LogP contribution in [0.5, 0.6) is 5.75 Å². The van der Waals surface area contributed by atoms with E-state index in [9.17, 15) is 9.90 Å². The second-order valence-corrected chi connectivity index (χ2v) is 10.8. The van der Waals surface area contributed by atoms with Crippen LogP contribution in [0.15, 0.2) is 54.6 Å². The number of amides is 1. The van der Waals surface area contributed by atoms with Crippen molar-refractivity contribution < 1.29 is 14.6 Å². The predicted molar refractivity (Wildman–Crippen MR) is 162 cm³/mol. The van der Waals surface area contributed by atoms with Crippen LogP contribution >= 0.6 is 24.8 Å². The Bertz CT molecular complexity index is 1260. The Morgan fingerprint density at radius 3 is 2.54 bits per heavy atom. The zero-order valence-electron chi connectivity index (χ0n) is 22.8. The second-order valence-electron chi connectivity index (χ2n) is 10.8. The number of phenolic OH excluding ortho intramolecular Hbond substituents is 1. The monoisotopic (exact) mass is 573 g/mol.